The number of hydrogen-bond donors (Lipinski definition) is 1. The molecule has 0 amide bonds. The fourth-order valence-electron chi connectivity index (χ4n) is 1.27. The molecule has 94 valence electrons. The molecular weight excluding hydrogens is 208 g/mol. The van der Waals surface area contributed by atoms with Gasteiger partial charge in [0.05, 0.1) is 0 Å². The van der Waals surface area contributed by atoms with E-state index in [2.05, 4.69) is 0 Å². The molecule has 0 saturated carbocycles. The fraction of sp³-hybridized carbons (Fsp3) is 0.833. The smallest absolute Gasteiger partial charge is 0.306 e. The lowest BCUT2D eigenvalue weighted by Gasteiger charge is -2.20. The van der Waals surface area contributed by atoms with Crippen molar-refractivity contribution in [3.05, 3.63) is 0 Å². The summed E-state index contributed by atoms with van der Waals surface area (Å²) >= 11 is 0. The molecule has 0 rings (SSSR count). The van der Waals surface area contributed by atoms with Crippen LogP contribution in [0.2, 0.25) is 0 Å². The van der Waals surface area contributed by atoms with Gasteiger partial charge in [-0.1, -0.05) is 6.92 Å². The number of ether oxygens (including phenoxy) is 1. The molecule has 0 fully saturated rings. The number of aliphatic carboxylic acids is 1. The van der Waals surface area contributed by atoms with Crippen LogP contribution in [0.4, 0.5) is 0 Å². The van der Waals surface area contributed by atoms with Gasteiger partial charge in [-0.2, -0.15) is 0 Å². The van der Waals surface area contributed by atoms with E-state index in [1.165, 1.54) is 0 Å². The highest BCUT2D eigenvalue weighted by atomic mass is 16.6. The second kappa shape index (κ2) is 6.51. The number of carboxylic acids is 1. The average Bonchev–Trinajstić information content (AvgIpc) is 2.08. The summed E-state index contributed by atoms with van der Waals surface area (Å²) in [4.78, 5) is 21.7. The molecule has 0 bridgehead atoms. The molecule has 0 aliphatic carbocycles. The van der Waals surface area contributed by atoms with Crippen LogP contribution in [0.15, 0.2) is 0 Å². The van der Waals surface area contributed by atoms with E-state index in [1.807, 2.05) is 27.7 Å². The van der Waals surface area contributed by atoms with E-state index in [9.17, 15) is 9.59 Å². The number of carboxylic acid groups (broad SMARTS) is 1. The largest absolute Gasteiger partial charge is 0.481 e. The Balaban J connectivity index is 3.71. The molecular formula is C12H22O4. The van der Waals surface area contributed by atoms with Crippen LogP contribution in [-0.2, 0) is 14.3 Å². The van der Waals surface area contributed by atoms with Crippen LogP contribution in [0.1, 0.15) is 53.4 Å². The van der Waals surface area contributed by atoms with Gasteiger partial charge in [0.2, 0.25) is 0 Å². The number of esters is 1. The number of carbonyl (C=O) groups is 2. The minimum Gasteiger partial charge on any atom is -0.481 e. The van der Waals surface area contributed by atoms with Gasteiger partial charge in [0.1, 0.15) is 5.60 Å². The molecule has 0 aliphatic rings. The standard InChI is InChI=1S/C12H22O4/c1-9(5-7-10(13)14)6-8-11(15)16-12(2,3)4/h9H,5-8H2,1-4H3,(H,13,14). The monoisotopic (exact) mass is 230 g/mol. The molecule has 0 radical (unpaired) electrons. The van der Waals surface area contributed by atoms with E-state index in [0.717, 1.165) is 0 Å². The topological polar surface area (TPSA) is 63.6 Å². The van der Waals surface area contributed by atoms with Gasteiger partial charge in [0, 0.05) is 12.8 Å². The molecule has 0 aromatic carbocycles. The van der Waals surface area contributed by atoms with Gasteiger partial charge in [0.15, 0.2) is 0 Å². The summed E-state index contributed by atoms with van der Waals surface area (Å²) in [5.74, 6) is -0.762. The van der Waals surface area contributed by atoms with Crippen LogP contribution in [0.25, 0.3) is 0 Å². The summed E-state index contributed by atoms with van der Waals surface area (Å²) < 4.78 is 5.16. The highest BCUT2D eigenvalue weighted by Crippen LogP contribution is 2.15. The number of rotatable bonds is 6. The number of hydrogen-bond acceptors (Lipinski definition) is 3. The second-order valence-electron chi connectivity index (χ2n) is 5.16. The van der Waals surface area contributed by atoms with Crippen LogP contribution >= 0.6 is 0 Å². The Morgan fingerprint density at radius 3 is 2.12 bits per heavy atom. The summed E-state index contributed by atoms with van der Waals surface area (Å²) in [5.41, 5.74) is -0.443. The van der Waals surface area contributed by atoms with Gasteiger partial charge < -0.3 is 9.84 Å². The van der Waals surface area contributed by atoms with E-state index in [1.54, 1.807) is 0 Å². The van der Waals surface area contributed by atoms with Gasteiger partial charge in [-0.3, -0.25) is 9.59 Å². The van der Waals surface area contributed by atoms with Gasteiger partial charge in [0.25, 0.3) is 0 Å². The van der Waals surface area contributed by atoms with Crippen molar-refractivity contribution in [2.75, 3.05) is 0 Å². The molecule has 1 atom stereocenters. The van der Waals surface area contributed by atoms with E-state index < -0.39 is 11.6 Å². The van der Waals surface area contributed by atoms with Gasteiger partial charge in [-0.05, 0) is 39.5 Å². The summed E-state index contributed by atoms with van der Waals surface area (Å²) in [7, 11) is 0. The van der Waals surface area contributed by atoms with Crippen molar-refractivity contribution in [3.63, 3.8) is 0 Å². The Labute approximate surface area is 97.0 Å². The van der Waals surface area contributed by atoms with Crippen molar-refractivity contribution in [1.29, 1.82) is 0 Å². The van der Waals surface area contributed by atoms with Crippen molar-refractivity contribution in [2.45, 2.75) is 59.0 Å². The maximum atomic E-state index is 11.4. The summed E-state index contributed by atoms with van der Waals surface area (Å²) in [6.45, 7) is 7.45. The van der Waals surface area contributed by atoms with E-state index in [0.29, 0.717) is 19.3 Å². The molecule has 0 aromatic rings. The third-order valence-corrected chi connectivity index (χ3v) is 2.11. The first-order valence-electron chi connectivity index (χ1n) is 5.64. The molecule has 0 aliphatic heterocycles. The van der Waals surface area contributed by atoms with Crippen molar-refractivity contribution in [2.24, 2.45) is 5.92 Å². The lowest BCUT2D eigenvalue weighted by Crippen LogP contribution is -2.24. The zero-order chi connectivity index (χ0) is 12.8. The second-order valence-corrected chi connectivity index (χ2v) is 5.16. The van der Waals surface area contributed by atoms with Crippen molar-refractivity contribution in [3.8, 4) is 0 Å². The van der Waals surface area contributed by atoms with Crippen molar-refractivity contribution in [1.82, 2.24) is 0 Å². The van der Waals surface area contributed by atoms with Crippen LogP contribution in [0.5, 0.6) is 0 Å². The summed E-state index contributed by atoms with van der Waals surface area (Å²) in [6, 6.07) is 0. The van der Waals surface area contributed by atoms with Gasteiger partial charge in [-0.15, -0.1) is 0 Å². The lowest BCUT2D eigenvalue weighted by atomic mass is 10.00. The third-order valence-electron chi connectivity index (χ3n) is 2.11. The van der Waals surface area contributed by atoms with Crippen molar-refractivity contribution < 1.29 is 19.4 Å². The zero-order valence-electron chi connectivity index (χ0n) is 10.6. The Morgan fingerprint density at radius 1 is 1.19 bits per heavy atom. The zero-order valence-corrected chi connectivity index (χ0v) is 10.6. The quantitative estimate of drug-likeness (QED) is 0.712. The lowest BCUT2D eigenvalue weighted by molar-refractivity contribution is -0.155. The Hall–Kier alpha value is -1.06. The van der Waals surface area contributed by atoms with Crippen LogP contribution in [0, 0.1) is 5.92 Å². The Kier molecular flexibility index (Phi) is 6.08. The highest BCUT2D eigenvalue weighted by Gasteiger charge is 2.16. The average molecular weight is 230 g/mol. The first kappa shape index (κ1) is 14.9. The molecule has 1 unspecified atom stereocenters. The highest BCUT2D eigenvalue weighted by molar-refractivity contribution is 5.69. The molecule has 0 aromatic heterocycles. The van der Waals surface area contributed by atoms with E-state index in [4.69, 9.17) is 9.84 Å². The maximum Gasteiger partial charge on any atom is 0.306 e. The minimum atomic E-state index is -0.788. The molecule has 1 N–H and O–H groups in total. The summed E-state index contributed by atoms with van der Waals surface area (Å²) in [6.07, 6.45) is 1.81. The van der Waals surface area contributed by atoms with Crippen LogP contribution in [0.3, 0.4) is 0 Å². The third kappa shape index (κ3) is 9.49. The first-order chi connectivity index (χ1) is 7.20. The normalized spacial score (nSPS) is 13.2. The van der Waals surface area contributed by atoms with Crippen LogP contribution < -0.4 is 0 Å². The van der Waals surface area contributed by atoms with Crippen molar-refractivity contribution >= 4 is 11.9 Å². The molecule has 0 heterocycles. The van der Waals surface area contributed by atoms with E-state index >= 15 is 0 Å². The minimum absolute atomic E-state index is 0.162. The molecule has 16 heavy (non-hydrogen) atoms. The van der Waals surface area contributed by atoms with Gasteiger partial charge >= 0.3 is 11.9 Å². The summed E-state index contributed by atoms with van der Waals surface area (Å²) in [5, 5.41) is 8.50. The Morgan fingerprint density at radius 2 is 1.69 bits per heavy atom. The SMILES string of the molecule is CC(CCC(=O)O)CCC(=O)OC(C)(C)C. The molecule has 0 saturated heterocycles. The Bertz CT molecular complexity index is 240. The predicted octanol–water partition coefficient (Wildman–Crippen LogP) is 2.61. The number of carbonyl (C=O) groups excluding carboxylic acids is 1. The molecule has 4 heteroatoms. The maximum absolute atomic E-state index is 11.4. The molecule has 4 nitrogen and oxygen atoms in total. The van der Waals surface area contributed by atoms with Gasteiger partial charge in [-0.25, -0.2) is 0 Å². The fourth-order valence-corrected chi connectivity index (χ4v) is 1.27. The van der Waals surface area contributed by atoms with Crippen LogP contribution in [-0.4, -0.2) is 22.6 Å². The first-order valence-corrected chi connectivity index (χ1v) is 5.64. The van der Waals surface area contributed by atoms with E-state index in [-0.39, 0.29) is 18.3 Å². The predicted molar refractivity (Wildman–Crippen MR) is 61.1 cm³/mol. The molecule has 0 spiro atoms.